The number of hydrogen-bond donors (Lipinski definition) is 0. The zero-order chi connectivity index (χ0) is 15.5. The first kappa shape index (κ1) is 13.7. The van der Waals surface area contributed by atoms with E-state index < -0.39 is 4.92 Å². The average Bonchev–Trinajstić information content (AvgIpc) is 3.04. The highest BCUT2D eigenvalue weighted by Gasteiger charge is 2.15. The van der Waals surface area contributed by atoms with Crippen LogP contribution in [0.1, 0.15) is 0 Å². The highest BCUT2D eigenvalue weighted by atomic mass is 16.6. The van der Waals surface area contributed by atoms with Gasteiger partial charge < -0.3 is 9.26 Å². The molecule has 0 saturated carbocycles. The number of benzene rings is 2. The summed E-state index contributed by atoms with van der Waals surface area (Å²) < 4.78 is 10.5. The molecule has 0 radical (unpaired) electrons. The highest BCUT2D eigenvalue weighted by Crippen LogP contribution is 2.30. The lowest BCUT2D eigenvalue weighted by Gasteiger charge is -2.02. The van der Waals surface area contributed by atoms with E-state index in [1.54, 1.807) is 25.3 Å². The van der Waals surface area contributed by atoms with E-state index in [4.69, 9.17) is 9.26 Å². The van der Waals surface area contributed by atoms with E-state index in [0.717, 1.165) is 0 Å². The first-order chi connectivity index (χ1) is 10.7. The fraction of sp³-hybridized carbons (Fsp3) is 0.0667. The van der Waals surface area contributed by atoms with E-state index in [0.29, 0.717) is 28.6 Å². The molecule has 0 saturated heterocycles. The van der Waals surface area contributed by atoms with Gasteiger partial charge in [-0.25, -0.2) is 0 Å². The van der Waals surface area contributed by atoms with Gasteiger partial charge in [-0.2, -0.15) is 4.98 Å². The normalized spacial score (nSPS) is 10.4. The molecule has 3 rings (SSSR count). The largest absolute Gasteiger partial charge is 0.496 e. The van der Waals surface area contributed by atoms with Gasteiger partial charge in [0, 0.05) is 17.7 Å². The molecule has 7 heteroatoms. The van der Waals surface area contributed by atoms with Crippen molar-refractivity contribution in [3.63, 3.8) is 0 Å². The summed E-state index contributed by atoms with van der Waals surface area (Å²) in [6, 6.07) is 13.2. The van der Waals surface area contributed by atoms with Crippen LogP contribution in [0.25, 0.3) is 22.8 Å². The Bertz CT molecular complexity index is 812. The second-order valence-corrected chi connectivity index (χ2v) is 4.43. The lowest BCUT2D eigenvalue weighted by molar-refractivity contribution is -0.384. The zero-order valence-corrected chi connectivity index (χ0v) is 11.6. The van der Waals surface area contributed by atoms with Crippen LogP contribution in [0.4, 0.5) is 5.69 Å². The van der Waals surface area contributed by atoms with E-state index in [9.17, 15) is 10.1 Å². The minimum atomic E-state index is -0.458. The number of aromatic nitrogens is 2. The van der Waals surface area contributed by atoms with E-state index >= 15 is 0 Å². The molecule has 0 N–H and O–H groups in total. The number of methoxy groups -OCH3 is 1. The van der Waals surface area contributed by atoms with E-state index in [1.165, 1.54) is 12.1 Å². The van der Waals surface area contributed by atoms with E-state index in [-0.39, 0.29) is 5.69 Å². The summed E-state index contributed by atoms with van der Waals surface area (Å²) >= 11 is 0. The van der Waals surface area contributed by atoms with Gasteiger partial charge in [-0.15, -0.1) is 0 Å². The van der Waals surface area contributed by atoms with Gasteiger partial charge >= 0.3 is 0 Å². The van der Waals surface area contributed by atoms with Crippen LogP contribution >= 0.6 is 0 Å². The molecule has 0 unspecified atom stereocenters. The Morgan fingerprint density at radius 2 is 1.86 bits per heavy atom. The molecule has 2 aromatic carbocycles. The number of nitro groups is 1. The van der Waals surface area contributed by atoms with E-state index in [2.05, 4.69) is 10.1 Å². The monoisotopic (exact) mass is 297 g/mol. The highest BCUT2D eigenvalue weighted by molar-refractivity contribution is 5.65. The molecular formula is C15H11N3O4. The van der Waals surface area contributed by atoms with Gasteiger partial charge in [-0.3, -0.25) is 10.1 Å². The summed E-state index contributed by atoms with van der Waals surface area (Å²) in [5, 5.41) is 14.6. The molecule has 0 aliphatic rings. The molecule has 0 atom stereocenters. The second-order valence-electron chi connectivity index (χ2n) is 4.43. The van der Waals surface area contributed by atoms with Crippen molar-refractivity contribution in [2.75, 3.05) is 7.11 Å². The Morgan fingerprint density at radius 1 is 1.14 bits per heavy atom. The zero-order valence-electron chi connectivity index (χ0n) is 11.6. The van der Waals surface area contributed by atoms with Crippen LogP contribution in [0.2, 0.25) is 0 Å². The Kier molecular flexibility index (Phi) is 3.53. The van der Waals surface area contributed by atoms with Crippen molar-refractivity contribution in [2.24, 2.45) is 0 Å². The average molecular weight is 297 g/mol. The number of nitrogens with zero attached hydrogens (tertiary/aromatic N) is 3. The molecule has 3 aromatic rings. The predicted octanol–water partition coefficient (Wildman–Crippen LogP) is 3.32. The molecule has 0 aliphatic heterocycles. The molecular weight excluding hydrogens is 286 g/mol. The fourth-order valence-electron chi connectivity index (χ4n) is 2.00. The lowest BCUT2D eigenvalue weighted by atomic mass is 10.2. The van der Waals surface area contributed by atoms with Crippen molar-refractivity contribution in [2.45, 2.75) is 0 Å². The molecule has 0 amide bonds. The van der Waals surface area contributed by atoms with Crippen molar-refractivity contribution >= 4 is 5.69 Å². The topological polar surface area (TPSA) is 91.3 Å². The van der Waals surface area contributed by atoms with Crippen LogP contribution in [0.15, 0.2) is 53.1 Å². The van der Waals surface area contributed by atoms with Crippen LogP contribution in [0.5, 0.6) is 5.75 Å². The molecule has 0 spiro atoms. The van der Waals surface area contributed by atoms with Crippen LogP contribution in [-0.2, 0) is 0 Å². The Balaban J connectivity index is 1.95. The summed E-state index contributed by atoms with van der Waals surface area (Å²) in [7, 11) is 1.56. The smallest absolute Gasteiger partial charge is 0.269 e. The third-order valence-electron chi connectivity index (χ3n) is 3.10. The molecule has 1 aromatic heterocycles. The number of hydrogen-bond acceptors (Lipinski definition) is 6. The number of rotatable bonds is 4. The van der Waals surface area contributed by atoms with Gasteiger partial charge in [0.1, 0.15) is 5.75 Å². The van der Waals surface area contributed by atoms with Crippen molar-refractivity contribution < 1.29 is 14.2 Å². The summed E-state index contributed by atoms with van der Waals surface area (Å²) in [6.45, 7) is 0. The maximum Gasteiger partial charge on any atom is 0.269 e. The number of para-hydroxylation sites is 1. The molecule has 7 nitrogen and oxygen atoms in total. The van der Waals surface area contributed by atoms with Gasteiger partial charge in [0.2, 0.25) is 5.82 Å². The molecule has 0 bridgehead atoms. The Hall–Kier alpha value is -3.22. The second kappa shape index (κ2) is 5.65. The van der Waals surface area contributed by atoms with Gasteiger partial charge in [0.05, 0.1) is 17.6 Å². The first-order valence-electron chi connectivity index (χ1n) is 6.41. The first-order valence-corrected chi connectivity index (χ1v) is 6.41. The third kappa shape index (κ3) is 2.51. The van der Waals surface area contributed by atoms with Gasteiger partial charge in [-0.1, -0.05) is 17.3 Å². The summed E-state index contributed by atoms with van der Waals surface area (Å²) in [4.78, 5) is 14.5. The lowest BCUT2D eigenvalue weighted by Crippen LogP contribution is -1.88. The Labute approximate surface area is 125 Å². The summed E-state index contributed by atoms with van der Waals surface area (Å²) in [6.07, 6.45) is 0. The minimum absolute atomic E-state index is 0.0113. The molecule has 0 fully saturated rings. The molecule has 22 heavy (non-hydrogen) atoms. The van der Waals surface area contributed by atoms with Crippen LogP contribution in [0.3, 0.4) is 0 Å². The minimum Gasteiger partial charge on any atom is -0.496 e. The maximum atomic E-state index is 10.7. The van der Waals surface area contributed by atoms with Crippen LogP contribution in [0, 0.1) is 10.1 Å². The summed E-state index contributed by atoms with van der Waals surface area (Å²) in [5.74, 6) is 1.31. The standard InChI is InChI=1S/C15H11N3O4/c1-21-13-5-3-2-4-12(13)15-16-14(17-22-15)10-6-8-11(9-7-10)18(19)20/h2-9H,1H3. The van der Waals surface area contributed by atoms with Crippen molar-refractivity contribution in [1.29, 1.82) is 0 Å². The molecule has 0 aliphatic carbocycles. The summed E-state index contributed by atoms with van der Waals surface area (Å²) in [5.41, 5.74) is 1.33. The van der Waals surface area contributed by atoms with Gasteiger partial charge in [0.25, 0.3) is 11.6 Å². The van der Waals surface area contributed by atoms with Crippen LogP contribution < -0.4 is 4.74 Å². The van der Waals surface area contributed by atoms with E-state index in [1.807, 2.05) is 18.2 Å². The quantitative estimate of drug-likeness (QED) is 0.542. The molecule has 110 valence electrons. The fourth-order valence-corrected chi connectivity index (χ4v) is 2.00. The van der Waals surface area contributed by atoms with Crippen molar-refractivity contribution in [3.05, 3.63) is 58.6 Å². The number of nitro benzene ring substituents is 1. The third-order valence-corrected chi connectivity index (χ3v) is 3.10. The van der Waals surface area contributed by atoms with Crippen molar-refractivity contribution in [3.8, 4) is 28.6 Å². The van der Waals surface area contributed by atoms with Crippen molar-refractivity contribution in [1.82, 2.24) is 10.1 Å². The predicted molar refractivity (Wildman–Crippen MR) is 78.4 cm³/mol. The Morgan fingerprint density at radius 3 is 2.55 bits per heavy atom. The number of non-ortho nitro benzene ring substituents is 1. The van der Waals surface area contributed by atoms with Gasteiger partial charge in [-0.05, 0) is 24.3 Å². The van der Waals surface area contributed by atoms with Crippen LogP contribution in [-0.4, -0.2) is 22.2 Å². The molecule has 1 heterocycles. The number of ether oxygens (including phenoxy) is 1. The maximum absolute atomic E-state index is 10.7. The van der Waals surface area contributed by atoms with Gasteiger partial charge in [0.15, 0.2) is 0 Å². The SMILES string of the molecule is COc1ccccc1-c1nc(-c2ccc([N+](=O)[O-])cc2)no1.